The number of aryl methyl sites for hydroxylation is 2. The van der Waals surface area contributed by atoms with Gasteiger partial charge in [0.25, 0.3) is 11.7 Å². The van der Waals surface area contributed by atoms with Crippen molar-refractivity contribution in [2.75, 3.05) is 0 Å². The van der Waals surface area contributed by atoms with Crippen LogP contribution in [-0.4, -0.2) is 30.9 Å². The zero-order valence-corrected chi connectivity index (χ0v) is 13.1. The summed E-state index contributed by atoms with van der Waals surface area (Å²) in [6.45, 7) is 3.40. The summed E-state index contributed by atoms with van der Waals surface area (Å²) in [5.74, 6) is -0.0328. The van der Waals surface area contributed by atoms with E-state index in [9.17, 15) is 9.18 Å². The Bertz CT molecular complexity index is 856. The number of esters is 1. The van der Waals surface area contributed by atoms with Gasteiger partial charge in [-0.1, -0.05) is 6.92 Å². The van der Waals surface area contributed by atoms with Crippen molar-refractivity contribution in [1.82, 2.24) is 25.0 Å². The van der Waals surface area contributed by atoms with Gasteiger partial charge in [0.1, 0.15) is 11.6 Å². The molecular formula is C15H14FN5O3. The molecule has 0 N–H and O–H groups in total. The highest BCUT2D eigenvalue weighted by atomic mass is 19.1. The minimum absolute atomic E-state index is 0.105. The Labute approximate surface area is 136 Å². The molecule has 0 radical (unpaired) electrons. The number of halogens is 1. The Hall–Kier alpha value is -3.10. The number of carbonyl (C=O) groups excluding carboxylic acids is 1. The molecule has 24 heavy (non-hydrogen) atoms. The SMILES string of the molecule is CCc1nnc(COC(=O)c2nc(C)n(-c3ccc(F)cc3)n2)o1. The summed E-state index contributed by atoms with van der Waals surface area (Å²) in [4.78, 5) is 16.1. The van der Waals surface area contributed by atoms with E-state index in [0.717, 1.165) is 0 Å². The monoisotopic (exact) mass is 331 g/mol. The number of aromatic nitrogens is 5. The molecule has 0 bridgehead atoms. The molecule has 2 aromatic heterocycles. The summed E-state index contributed by atoms with van der Waals surface area (Å²) in [6, 6.07) is 5.68. The van der Waals surface area contributed by atoms with E-state index in [1.807, 2.05) is 6.92 Å². The normalized spacial score (nSPS) is 10.8. The highest BCUT2D eigenvalue weighted by molar-refractivity contribution is 5.85. The van der Waals surface area contributed by atoms with Crippen molar-refractivity contribution in [3.8, 4) is 5.69 Å². The third-order valence-corrected chi connectivity index (χ3v) is 3.16. The van der Waals surface area contributed by atoms with Crippen LogP contribution in [0.5, 0.6) is 0 Å². The number of nitrogens with zero attached hydrogens (tertiary/aromatic N) is 5. The first-order chi connectivity index (χ1) is 11.6. The van der Waals surface area contributed by atoms with E-state index in [2.05, 4.69) is 20.3 Å². The summed E-state index contributed by atoms with van der Waals surface area (Å²) >= 11 is 0. The van der Waals surface area contributed by atoms with Gasteiger partial charge in [-0.25, -0.2) is 18.9 Å². The first-order valence-electron chi connectivity index (χ1n) is 7.24. The van der Waals surface area contributed by atoms with Crippen LogP contribution in [0, 0.1) is 12.7 Å². The lowest BCUT2D eigenvalue weighted by Crippen LogP contribution is -2.08. The number of hydrogen-bond donors (Lipinski definition) is 0. The van der Waals surface area contributed by atoms with Crippen molar-refractivity contribution in [3.05, 3.63) is 53.5 Å². The molecule has 3 rings (SSSR count). The highest BCUT2D eigenvalue weighted by Gasteiger charge is 2.18. The second-order valence-electron chi connectivity index (χ2n) is 4.89. The van der Waals surface area contributed by atoms with Crippen LogP contribution in [0.25, 0.3) is 5.69 Å². The molecule has 0 spiro atoms. The van der Waals surface area contributed by atoms with E-state index in [4.69, 9.17) is 9.15 Å². The molecule has 0 aliphatic rings. The fourth-order valence-corrected chi connectivity index (χ4v) is 1.98. The lowest BCUT2D eigenvalue weighted by molar-refractivity contribution is 0.0422. The Morgan fingerprint density at radius 3 is 2.62 bits per heavy atom. The quantitative estimate of drug-likeness (QED) is 0.660. The molecule has 0 aliphatic heterocycles. The smallest absolute Gasteiger partial charge is 0.378 e. The molecule has 124 valence electrons. The van der Waals surface area contributed by atoms with Crippen LogP contribution in [0.3, 0.4) is 0 Å². The average molecular weight is 331 g/mol. The Morgan fingerprint density at radius 1 is 1.25 bits per heavy atom. The molecule has 8 nitrogen and oxygen atoms in total. The van der Waals surface area contributed by atoms with Crippen molar-refractivity contribution in [2.45, 2.75) is 26.9 Å². The number of carbonyl (C=O) groups is 1. The lowest BCUT2D eigenvalue weighted by Gasteiger charge is -2.01. The van der Waals surface area contributed by atoms with Crippen molar-refractivity contribution >= 4 is 5.97 Å². The van der Waals surface area contributed by atoms with Crippen molar-refractivity contribution < 1.29 is 18.3 Å². The van der Waals surface area contributed by atoms with Crippen LogP contribution < -0.4 is 0 Å². The Morgan fingerprint density at radius 2 is 1.96 bits per heavy atom. The predicted octanol–water partition coefficient (Wildman–Crippen LogP) is 2.02. The first kappa shape index (κ1) is 15.8. The van der Waals surface area contributed by atoms with Gasteiger partial charge in [-0.15, -0.1) is 15.3 Å². The Balaban J connectivity index is 1.71. The minimum Gasteiger partial charge on any atom is -0.450 e. The molecule has 0 saturated heterocycles. The molecule has 0 unspecified atom stereocenters. The molecule has 0 saturated carbocycles. The van der Waals surface area contributed by atoms with E-state index in [1.165, 1.54) is 28.9 Å². The van der Waals surface area contributed by atoms with Crippen LogP contribution in [0.15, 0.2) is 28.7 Å². The van der Waals surface area contributed by atoms with Gasteiger partial charge in [0.15, 0.2) is 6.61 Å². The zero-order valence-electron chi connectivity index (χ0n) is 13.1. The van der Waals surface area contributed by atoms with Gasteiger partial charge < -0.3 is 9.15 Å². The van der Waals surface area contributed by atoms with Crippen LogP contribution in [0.2, 0.25) is 0 Å². The van der Waals surface area contributed by atoms with E-state index >= 15 is 0 Å². The topological polar surface area (TPSA) is 95.9 Å². The van der Waals surface area contributed by atoms with E-state index in [1.54, 1.807) is 6.92 Å². The molecule has 0 aliphatic carbocycles. The summed E-state index contributed by atoms with van der Waals surface area (Å²) in [5, 5.41) is 11.6. The highest BCUT2D eigenvalue weighted by Crippen LogP contribution is 2.11. The van der Waals surface area contributed by atoms with Crippen molar-refractivity contribution in [1.29, 1.82) is 0 Å². The minimum atomic E-state index is -0.713. The molecule has 0 amide bonds. The number of rotatable bonds is 5. The number of hydrogen-bond acceptors (Lipinski definition) is 7. The molecule has 0 fully saturated rings. The molecule has 0 atom stereocenters. The standard InChI is InChI=1S/C15H14FN5O3/c1-3-12-18-19-13(24-12)8-23-15(22)14-17-9(2)21(20-14)11-6-4-10(16)5-7-11/h4-7H,3,8H2,1-2H3. The van der Waals surface area contributed by atoms with Crippen LogP contribution in [0.4, 0.5) is 4.39 Å². The van der Waals surface area contributed by atoms with Gasteiger partial charge in [0.05, 0.1) is 5.69 Å². The van der Waals surface area contributed by atoms with Gasteiger partial charge in [-0.2, -0.15) is 0 Å². The van der Waals surface area contributed by atoms with Gasteiger partial charge in [0, 0.05) is 6.42 Å². The van der Waals surface area contributed by atoms with Crippen molar-refractivity contribution in [3.63, 3.8) is 0 Å². The second kappa shape index (κ2) is 6.57. The maximum atomic E-state index is 13.0. The Kier molecular flexibility index (Phi) is 4.32. The van der Waals surface area contributed by atoms with Gasteiger partial charge in [-0.3, -0.25) is 0 Å². The third kappa shape index (κ3) is 3.29. The lowest BCUT2D eigenvalue weighted by atomic mass is 10.3. The van der Waals surface area contributed by atoms with Gasteiger partial charge in [0.2, 0.25) is 5.89 Å². The summed E-state index contributed by atoms with van der Waals surface area (Å²) in [6.07, 6.45) is 0.601. The number of ether oxygens (including phenoxy) is 1. The van der Waals surface area contributed by atoms with E-state index in [-0.39, 0.29) is 24.1 Å². The van der Waals surface area contributed by atoms with Gasteiger partial charge in [-0.05, 0) is 31.2 Å². The van der Waals surface area contributed by atoms with Crippen LogP contribution in [-0.2, 0) is 17.8 Å². The first-order valence-corrected chi connectivity index (χ1v) is 7.24. The summed E-state index contributed by atoms with van der Waals surface area (Å²) in [7, 11) is 0. The third-order valence-electron chi connectivity index (χ3n) is 3.16. The number of benzene rings is 1. The maximum Gasteiger partial charge on any atom is 0.378 e. The average Bonchev–Trinajstić information content (AvgIpc) is 3.20. The second-order valence-corrected chi connectivity index (χ2v) is 4.89. The largest absolute Gasteiger partial charge is 0.450 e. The van der Waals surface area contributed by atoms with Crippen molar-refractivity contribution in [2.24, 2.45) is 0 Å². The molecule has 2 heterocycles. The van der Waals surface area contributed by atoms with E-state index in [0.29, 0.717) is 23.8 Å². The molecule has 9 heteroatoms. The fourth-order valence-electron chi connectivity index (χ4n) is 1.98. The fraction of sp³-hybridized carbons (Fsp3) is 0.267. The molecule has 3 aromatic rings. The summed E-state index contributed by atoms with van der Waals surface area (Å²) in [5.41, 5.74) is 0.588. The van der Waals surface area contributed by atoms with Crippen LogP contribution >= 0.6 is 0 Å². The summed E-state index contributed by atoms with van der Waals surface area (Å²) < 4.78 is 24.7. The van der Waals surface area contributed by atoms with Crippen LogP contribution in [0.1, 0.15) is 35.1 Å². The molecular weight excluding hydrogens is 317 g/mol. The maximum absolute atomic E-state index is 13.0. The molecule has 1 aromatic carbocycles. The predicted molar refractivity (Wildman–Crippen MR) is 78.8 cm³/mol. The van der Waals surface area contributed by atoms with Gasteiger partial charge >= 0.3 is 5.97 Å². The zero-order chi connectivity index (χ0) is 17.1. The van der Waals surface area contributed by atoms with E-state index < -0.39 is 5.97 Å².